The fourth-order valence-corrected chi connectivity index (χ4v) is 5.42. The smallest absolute Gasteiger partial charge is 0.338 e. The summed E-state index contributed by atoms with van der Waals surface area (Å²) < 4.78 is 10.6. The lowest BCUT2D eigenvalue weighted by atomic mass is 9.91. The Kier molecular flexibility index (Phi) is 13.3. The van der Waals surface area contributed by atoms with E-state index in [9.17, 15) is 19.5 Å². The molecule has 0 radical (unpaired) electrons. The van der Waals surface area contributed by atoms with E-state index in [0.29, 0.717) is 46.6 Å². The Balaban J connectivity index is 1.29. The number of benzene rings is 5. The van der Waals surface area contributed by atoms with Crippen LogP contribution in [0, 0.1) is 23.7 Å². The summed E-state index contributed by atoms with van der Waals surface area (Å²) in [7, 11) is 0. The topological polar surface area (TPSA) is 89.9 Å². The van der Waals surface area contributed by atoms with Crippen LogP contribution >= 0.6 is 0 Å². The van der Waals surface area contributed by atoms with Crippen molar-refractivity contribution < 1.29 is 29.0 Å². The minimum atomic E-state index is -1.04. The molecule has 0 fully saturated rings. The summed E-state index contributed by atoms with van der Waals surface area (Å²) in [4.78, 5) is 37.4. The normalized spacial score (nSPS) is 10.1. The molecule has 0 spiro atoms. The molecule has 0 bridgehead atoms. The van der Waals surface area contributed by atoms with Crippen LogP contribution in [-0.2, 0) is 9.47 Å². The Morgan fingerprint density at radius 3 is 1.34 bits per heavy atom. The summed E-state index contributed by atoms with van der Waals surface area (Å²) in [5.41, 5.74) is 6.52. The van der Waals surface area contributed by atoms with E-state index in [1.165, 1.54) is 0 Å². The van der Waals surface area contributed by atoms with Crippen molar-refractivity contribution in [3.8, 4) is 45.9 Å². The predicted octanol–water partition coefficient (Wildman–Crippen LogP) is 9.76. The Bertz CT molecular complexity index is 2090. The Hall–Kier alpha value is -6.89. The molecule has 0 aliphatic carbocycles. The van der Waals surface area contributed by atoms with Gasteiger partial charge in [0.25, 0.3) is 0 Å². The van der Waals surface area contributed by atoms with Gasteiger partial charge < -0.3 is 14.6 Å². The van der Waals surface area contributed by atoms with Crippen LogP contribution in [0.25, 0.3) is 22.3 Å². The number of aromatic carboxylic acids is 1. The fourth-order valence-electron chi connectivity index (χ4n) is 5.42. The number of esters is 2. The van der Waals surface area contributed by atoms with Crippen LogP contribution in [-0.4, -0.2) is 36.2 Å². The molecule has 5 aromatic rings. The van der Waals surface area contributed by atoms with E-state index in [4.69, 9.17) is 9.47 Å². The first-order chi connectivity index (χ1) is 25.9. The molecule has 5 rings (SSSR count). The van der Waals surface area contributed by atoms with E-state index in [1.54, 1.807) is 60.7 Å². The first kappa shape index (κ1) is 37.4. The van der Waals surface area contributed by atoms with Crippen molar-refractivity contribution in [2.75, 3.05) is 13.2 Å². The second-order valence-corrected chi connectivity index (χ2v) is 12.0. The number of unbranched alkanes of at least 4 members (excludes halogenated alkanes) is 2. The van der Waals surface area contributed by atoms with Gasteiger partial charge in [-0.15, -0.1) is 13.2 Å². The number of allylic oxidation sites excluding steroid dienone is 2. The van der Waals surface area contributed by atoms with Crippen molar-refractivity contribution in [2.24, 2.45) is 0 Å². The molecule has 262 valence electrons. The monoisotopic (exact) mass is 698 g/mol. The van der Waals surface area contributed by atoms with Gasteiger partial charge in [0.1, 0.15) is 0 Å². The lowest BCUT2D eigenvalue weighted by Crippen LogP contribution is -2.06. The van der Waals surface area contributed by atoms with E-state index in [-0.39, 0.29) is 5.56 Å². The van der Waals surface area contributed by atoms with Crippen LogP contribution in [0.4, 0.5) is 0 Å². The van der Waals surface area contributed by atoms with Gasteiger partial charge in [-0.05, 0) is 109 Å². The van der Waals surface area contributed by atoms with Crippen LogP contribution in [0.15, 0.2) is 141 Å². The summed E-state index contributed by atoms with van der Waals surface area (Å²) in [5, 5.41) is 10.3. The summed E-state index contributed by atoms with van der Waals surface area (Å²) in [6.45, 7) is 8.01. The molecule has 6 heteroatoms. The standard InChI is InChI=1S/C47H38O6/c1-3-5-7-30-52-46(50)40-14-9-12-36(32-40)20-18-34-22-26-38(27-23-34)42-16-11-17-43(44(42)45(48)49)39-28-24-35(25-29-39)19-21-37-13-10-15-41(33-37)47(51)53-31-8-6-4-2/h3-4,9-17,22-29,32-33H,1-2,5-8,30-31H2,(H,48,49). The average molecular weight is 699 g/mol. The van der Waals surface area contributed by atoms with Gasteiger partial charge in [-0.3, -0.25) is 0 Å². The third-order valence-electron chi connectivity index (χ3n) is 8.14. The van der Waals surface area contributed by atoms with Crippen molar-refractivity contribution in [2.45, 2.75) is 25.7 Å². The van der Waals surface area contributed by atoms with E-state index >= 15 is 0 Å². The Labute approximate surface area is 310 Å². The van der Waals surface area contributed by atoms with E-state index in [2.05, 4.69) is 36.8 Å². The molecular formula is C47H38O6. The molecule has 0 heterocycles. The molecule has 0 saturated heterocycles. The van der Waals surface area contributed by atoms with Crippen molar-refractivity contribution in [1.29, 1.82) is 0 Å². The zero-order valence-corrected chi connectivity index (χ0v) is 29.3. The van der Waals surface area contributed by atoms with Crippen LogP contribution in [0.2, 0.25) is 0 Å². The van der Waals surface area contributed by atoms with Gasteiger partial charge in [-0.2, -0.15) is 0 Å². The highest BCUT2D eigenvalue weighted by Crippen LogP contribution is 2.33. The van der Waals surface area contributed by atoms with Crippen LogP contribution in [0.5, 0.6) is 0 Å². The molecule has 1 N–H and O–H groups in total. The number of ether oxygens (including phenoxy) is 2. The van der Waals surface area contributed by atoms with Gasteiger partial charge >= 0.3 is 17.9 Å². The minimum absolute atomic E-state index is 0.187. The molecule has 0 unspecified atom stereocenters. The largest absolute Gasteiger partial charge is 0.478 e. The Morgan fingerprint density at radius 2 is 0.943 bits per heavy atom. The van der Waals surface area contributed by atoms with Gasteiger partial charge in [0.15, 0.2) is 0 Å². The number of carboxylic acids is 1. The van der Waals surface area contributed by atoms with E-state index < -0.39 is 17.9 Å². The zero-order chi connectivity index (χ0) is 37.4. The molecule has 0 aliphatic heterocycles. The van der Waals surface area contributed by atoms with Gasteiger partial charge in [0.2, 0.25) is 0 Å². The molecule has 0 aliphatic rings. The number of carbonyl (C=O) groups is 3. The van der Waals surface area contributed by atoms with Gasteiger partial charge in [0, 0.05) is 22.3 Å². The second-order valence-electron chi connectivity index (χ2n) is 12.0. The van der Waals surface area contributed by atoms with Crippen molar-refractivity contribution in [3.63, 3.8) is 0 Å². The van der Waals surface area contributed by atoms with E-state index in [0.717, 1.165) is 47.9 Å². The van der Waals surface area contributed by atoms with Crippen LogP contribution in [0.1, 0.15) is 79.0 Å². The number of hydrogen-bond donors (Lipinski definition) is 1. The number of carbonyl (C=O) groups excluding carboxylic acids is 2. The number of carboxylic acid groups (broad SMARTS) is 1. The van der Waals surface area contributed by atoms with Crippen molar-refractivity contribution in [1.82, 2.24) is 0 Å². The highest BCUT2D eigenvalue weighted by Gasteiger charge is 2.18. The third-order valence-corrected chi connectivity index (χ3v) is 8.14. The maximum atomic E-state index is 12.6. The average Bonchev–Trinajstić information content (AvgIpc) is 3.19. The first-order valence-corrected chi connectivity index (χ1v) is 17.2. The first-order valence-electron chi connectivity index (χ1n) is 17.2. The zero-order valence-electron chi connectivity index (χ0n) is 29.3. The highest BCUT2D eigenvalue weighted by molar-refractivity contribution is 6.03. The molecule has 53 heavy (non-hydrogen) atoms. The molecule has 5 aromatic carbocycles. The second kappa shape index (κ2) is 18.9. The molecule has 0 aromatic heterocycles. The summed E-state index contributed by atoms with van der Waals surface area (Å²) in [6.07, 6.45) is 6.59. The van der Waals surface area contributed by atoms with Gasteiger partial charge in [-0.1, -0.05) is 90.4 Å². The Morgan fingerprint density at radius 1 is 0.547 bits per heavy atom. The quantitative estimate of drug-likeness (QED) is 0.0570. The lowest BCUT2D eigenvalue weighted by molar-refractivity contribution is 0.0492. The summed E-state index contributed by atoms with van der Waals surface area (Å²) in [5.74, 6) is 10.6. The minimum Gasteiger partial charge on any atom is -0.478 e. The molecule has 0 amide bonds. The highest BCUT2D eigenvalue weighted by atomic mass is 16.5. The van der Waals surface area contributed by atoms with E-state index in [1.807, 2.05) is 66.7 Å². The maximum Gasteiger partial charge on any atom is 0.338 e. The maximum absolute atomic E-state index is 12.6. The van der Waals surface area contributed by atoms with Gasteiger partial charge in [-0.25, -0.2) is 14.4 Å². The molecule has 0 atom stereocenters. The predicted molar refractivity (Wildman–Crippen MR) is 209 cm³/mol. The van der Waals surface area contributed by atoms with Gasteiger partial charge in [0.05, 0.1) is 29.9 Å². The SMILES string of the molecule is C=CCCCOC(=O)c1cccc(C#Cc2ccc(-c3cccc(-c4ccc(C#Cc5cccc(C(=O)OCCCC=C)c5)cc4)c3C(=O)O)cc2)c1. The molecule has 0 saturated carbocycles. The third kappa shape index (κ3) is 10.6. The summed E-state index contributed by atoms with van der Waals surface area (Å²) in [6, 6.07) is 34.2. The fraction of sp³-hybridized carbons (Fsp3) is 0.128. The van der Waals surface area contributed by atoms with Crippen LogP contribution < -0.4 is 0 Å². The molecule has 6 nitrogen and oxygen atoms in total. The van der Waals surface area contributed by atoms with Crippen LogP contribution in [0.3, 0.4) is 0 Å². The molecular weight excluding hydrogens is 661 g/mol. The summed E-state index contributed by atoms with van der Waals surface area (Å²) >= 11 is 0. The number of rotatable bonds is 13. The lowest BCUT2D eigenvalue weighted by Gasteiger charge is -2.12. The van der Waals surface area contributed by atoms with Crippen molar-refractivity contribution in [3.05, 3.63) is 180 Å². The van der Waals surface area contributed by atoms with Crippen molar-refractivity contribution >= 4 is 17.9 Å². The number of hydrogen-bond acceptors (Lipinski definition) is 5.